The van der Waals surface area contributed by atoms with Crippen molar-refractivity contribution in [3.05, 3.63) is 94.3 Å². The summed E-state index contributed by atoms with van der Waals surface area (Å²) in [5, 5.41) is 9.83. The number of fused-ring (bicyclic) bond motifs is 2. The molecule has 4 heterocycles. The van der Waals surface area contributed by atoms with Gasteiger partial charge < -0.3 is 25.3 Å². The summed E-state index contributed by atoms with van der Waals surface area (Å²) in [4.78, 5) is 51.5. The smallest absolute Gasteiger partial charge is 0.404 e. The number of hydrogen-bond acceptors (Lipinski definition) is 8. The molecule has 2 amide bonds. The fraction of sp³-hybridized carbons (Fsp3) is 0.488. The number of pyridine rings is 1. The highest BCUT2D eigenvalue weighted by Crippen LogP contribution is 2.65. The molecule has 0 spiro atoms. The highest BCUT2D eigenvalue weighted by atomic mass is 19.4. The molecular formula is C41H46BF3N6O5. The lowest BCUT2D eigenvalue weighted by Gasteiger charge is -2.64. The molecular weight excluding hydrogens is 724 g/mol. The van der Waals surface area contributed by atoms with Crippen molar-refractivity contribution in [3.8, 4) is 0 Å². The summed E-state index contributed by atoms with van der Waals surface area (Å²) in [5.41, 5.74) is -1.16. The molecule has 3 saturated carbocycles. The van der Waals surface area contributed by atoms with E-state index in [9.17, 15) is 27.6 Å². The minimum absolute atomic E-state index is 0.00835. The summed E-state index contributed by atoms with van der Waals surface area (Å²) in [6.07, 6.45) is 0.854. The van der Waals surface area contributed by atoms with E-state index >= 15 is 0 Å². The van der Waals surface area contributed by atoms with Gasteiger partial charge in [-0.25, -0.2) is 4.98 Å². The average Bonchev–Trinajstić information content (AvgIpc) is 3.67. The van der Waals surface area contributed by atoms with Crippen LogP contribution in [0.3, 0.4) is 0 Å². The number of hydrogen-bond donors (Lipinski definition) is 3. The molecule has 5 aliphatic rings. The predicted molar refractivity (Wildman–Crippen MR) is 206 cm³/mol. The quantitative estimate of drug-likeness (QED) is 0.150. The number of alkyl halides is 3. The van der Waals surface area contributed by atoms with Gasteiger partial charge in [0, 0.05) is 30.0 Å². The van der Waals surface area contributed by atoms with Crippen LogP contribution < -0.4 is 21.5 Å². The molecule has 2 aliphatic heterocycles. The topological polar surface area (TPSA) is 136 Å². The number of carbonyl (C=O) groups excluding carboxylic acids is 2. The summed E-state index contributed by atoms with van der Waals surface area (Å²) >= 11 is 0. The second-order valence-electron chi connectivity index (χ2n) is 17.0. The Morgan fingerprint density at radius 2 is 1.82 bits per heavy atom. The number of benzene rings is 2. The van der Waals surface area contributed by atoms with Gasteiger partial charge in [0.1, 0.15) is 17.6 Å². The van der Waals surface area contributed by atoms with Crippen molar-refractivity contribution in [2.45, 2.75) is 109 Å². The molecule has 56 heavy (non-hydrogen) atoms. The first-order chi connectivity index (χ1) is 26.5. The monoisotopic (exact) mass is 770 g/mol. The van der Waals surface area contributed by atoms with E-state index in [1.807, 2.05) is 19.1 Å². The van der Waals surface area contributed by atoms with Gasteiger partial charge in [-0.2, -0.15) is 13.2 Å². The summed E-state index contributed by atoms with van der Waals surface area (Å²) in [7, 11) is -0.683. The van der Waals surface area contributed by atoms with E-state index in [1.165, 1.54) is 22.9 Å². The lowest BCUT2D eigenvalue weighted by molar-refractivity contribution is -0.199. The van der Waals surface area contributed by atoms with Gasteiger partial charge in [0.15, 0.2) is 0 Å². The first kappa shape index (κ1) is 38.1. The fourth-order valence-corrected chi connectivity index (χ4v) is 9.83. The normalized spacial score (nSPS) is 27.9. The Bertz CT molecular complexity index is 2260. The Hall–Kier alpha value is -4.76. The number of rotatable bonds is 10. The maximum atomic E-state index is 14.4. The van der Waals surface area contributed by atoms with E-state index in [-0.39, 0.29) is 48.3 Å². The third kappa shape index (κ3) is 6.46. The Morgan fingerprint density at radius 1 is 1.04 bits per heavy atom. The molecule has 2 aromatic heterocycles. The van der Waals surface area contributed by atoms with Crippen molar-refractivity contribution >= 4 is 41.2 Å². The van der Waals surface area contributed by atoms with Crippen molar-refractivity contribution in [1.82, 2.24) is 19.9 Å². The van der Waals surface area contributed by atoms with Crippen LogP contribution in [-0.2, 0) is 37.0 Å². The number of nitrogens with zero attached hydrogens (tertiary/aromatic N) is 3. The second-order valence-corrected chi connectivity index (χ2v) is 17.0. The molecule has 1 saturated heterocycles. The van der Waals surface area contributed by atoms with Gasteiger partial charge in [0.05, 0.1) is 40.6 Å². The Kier molecular flexibility index (Phi) is 9.34. The maximum Gasteiger partial charge on any atom is 0.481 e. The van der Waals surface area contributed by atoms with Gasteiger partial charge in [-0.1, -0.05) is 45.9 Å². The van der Waals surface area contributed by atoms with Crippen molar-refractivity contribution in [1.29, 1.82) is 0 Å². The molecule has 294 valence electrons. The number of nitrogens with one attached hydrogen (secondary N) is 3. The maximum absolute atomic E-state index is 14.4. The predicted octanol–water partition coefficient (Wildman–Crippen LogP) is 6.82. The molecule has 3 N–H and O–H groups in total. The third-order valence-electron chi connectivity index (χ3n) is 13.1. The molecule has 3 aliphatic carbocycles. The lowest BCUT2D eigenvalue weighted by Crippen LogP contribution is -2.65. The highest BCUT2D eigenvalue weighted by Gasteiger charge is 2.68. The number of amides is 2. The largest absolute Gasteiger partial charge is 0.481 e. The average molecular weight is 771 g/mol. The summed E-state index contributed by atoms with van der Waals surface area (Å²) < 4.78 is 54.8. The zero-order valence-electron chi connectivity index (χ0n) is 32.1. The van der Waals surface area contributed by atoms with Gasteiger partial charge in [0.2, 0.25) is 11.8 Å². The standard InChI is InChI=1S/C41H46BF3N6O5/c1-6-33(42-55-32-18-25-17-31(38(25,2)3)40(32,5)56-42)50-35(53)30-19-39(4,20-34(52)49-28-14-8-13-27-26(28)12-9-15-46-27)37-48-22-29(36(54)51(30)37)47-21-23-10-7-11-24(16-23)41(43,44)45/h7-16,22,25,30-33,47H,6,17-21H2,1-5H3,(H,49,52)(H,50,53)/t25-,30-,31-,32+,33-,39-,40-/m0/s1. The van der Waals surface area contributed by atoms with E-state index in [4.69, 9.17) is 9.31 Å². The Balaban J connectivity index is 1.07. The number of carbonyl (C=O) groups is 2. The van der Waals surface area contributed by atoms with Crippen LogP contribution in [-0.4, -0.2) is 51.1 Å². The van der Waals surface area contributed by atoms with E-state index in [0.717, 1.165) is 30.4 Å². The zero-order chi connectivity index (χ0) is 39.8. The molecule has 7 atom stereocenters. The molecule has 2 aromatic carbocycles. The van der Waals surface area contributed by atoms with E-state index in [1.54, 1.807) is 31.3 Å². The van der Waals surface area contributed by atoms with Crippen LogP contribution in [0.2, 0.25) is 0 Å². The SMILES string of the molecule is CC[C@H](NC(=O)[C@@H]1C[C@@](C)(CC(=O)Nc2cccc3ncccc23)c2ncc(NCc3cccc(C(F)(F)F)c3)c(=O)n21)B1O[C@@H]2C[C@@H]3C[C@@H](C3(C)C)[C@]2(C)O1. The van der Waals surface area contributed by atoms with Crippen molar-refractivity contribution in [2.24, 2.45) is 17.3 Å². The van der Waals surface area contributed by atoms with Gasteiger partial charge >= 0.3 is 13.3 Å². The molecule has 11 nitrogen and oxygen atoms in total. The Morgan fingerprint density at radius 3 is 2.57 bits per heavy atom. The van der Waals surface area contributed by atoms with E-state index in [0.29, 0.717) is 35.0 Å². The van der Waals surface area contributed by atoms with Gasteiger partial charge in [-0.05, 0) is 91.8 Å². The molecule has 9 rings (SSSR count). The minimum atomic E-state index is -4.52. The summed E-state index contributed by atoms with van der Waals surface area (Å²) in [6.45, 7) is 10.3. The minimum Gasteiger partial charge on any atom is -0.404 e. The van der Waals surface area contributed by atoms with Gasteiger partial charge in [-0.15, -0.1) is 0 Å². The van der Waals surface area contributed by atoms with E-state index < -0.39 is 53.3 Å². The van der Waals surface area contributed by atoms with Crippen LogP contribution in [0, 0.1) is 17.3 Å². The van der Waals surface area contributed by atoms with Crippen LogP contribution in [0.4, 0.5) is 24.5 Å². The molecule has 4 fully saturated rings. The van der Waals surface area contributed by atoms with Crippen LogP contribution in [0.5, 0.6) is 0 Å². The third-order valence-corrected chi connectivity index (χ3v) is 13.1. The van der Waals surface area contributed by atoms with Crippen molar-refractivity contribution in [3.63, 3.8) is 0 Å². The molecule has 2 bridgehead atoms. The molecule has 0 unspecified atom stereocenters. The van der Waals surface area contributed by atoms with E-state index in [2.05, 4.69) is 46.7 Å². The van der Waals surface area contributed by atoms with Crippen LogP contribution in [0.1, 0.15) is 89.7 Å². The Labute approximate surface area is 323 Å². The zero-order valence-corrected chi connectivity index (χ0v) is 32.1. The van der Waals surface area contributed by atoms with Gasteiger partial charge in [-0.3, -0.25) is 23.9 Å². The highest BCUT2D eigenvalue weighted by molar-refractivity contribution is 6.47. The fourth-order valence-electron chi connectivity index (χ4n) is 9.83. The van der Waals surface area contributed by atoms with Crippen LogP contribution in [0.25, 0.3) is 10.9 Å². The molecule has 0 radical (unpaired) electrons. The first-order valence-corrected chi connectivity index (χ1v) is 19.3. The molecule has 15 heteroatoms. The van der Waals surface area contributed by atoms with Crippen molar-refractivity contribution in [2.75, 3.05) is 10.6 Å². The van der Waals surface area contributed by atoms with Crippen LogP contribution >= 0.6 is 0 Å². The molecule has 4 aromatic rings. The van der Waals surface area contributed by atoms with Crippen molar-refractivity contribution < 1.29 is 32.1 Å². The summed E-state index contributed by atoms with van der Waals surface area (Å²) in [5.74, 6) is -0.159. The number of aromatic nitrogens is 3. The first-order valence-electron chi connectivity index (χ1n) is 19.3. The summed E-state index contributed by atoms with van der Waals surface area (Å²) in [6, 6.07) is 12.9. The number of anilines is 2. The number of halogens is 3. The van der Waals surface area contributed by atoms with Gasteiger partial charge in [0.25, 0.3) is 5.56 Å². The van der Waals surface area contributed by atoms with Crippen LogP contribution in [0.15, 0.2) is 71.8 Å². The lowest BCUT2D eigenvalue weighted by atomic mass is 9.43. The second kappa shape index (κ2) is 13.7.